The largest absolute Gasteiger partial charge is 0.383 e. The molecule has 0 saturated carbocycles. The van der Waals surface area contributed by atoms with Gasteiger partial charge in [-0.15, -0.1) is 0 Å². The molecule has 0 aliphatic carbocycles. The molecule has 0 bridgehead atoms. The molecular formula is C15H25N3O. The number of piperidine rings is 1. The number of rotatable bonds is 7. The van der Waals surface area contributed by atoms with E-state index in [1.807, 2.05) is 18.5 Å². The van der Waals surface area contributed by atoms with Gasteiger partial charge in [0.2, 0.25) is 0 Å². The van der Waals surface area contributed by atoms with E-state index in [0.717, 1.165) is 26.2 Å². The number of methoxy groups -OCH3 is 1. The highest BCUT2D eigenvalue weighted by atomic mass is 16.5. The summed E-state index contributed by atoms with van der Waals surface area (Å²) in [6.07, 6.45) is 7.77. The van der Waals surface area contributed by atoms with E-state index in [1.165, 1.54) is 31.4 Å². The maximum Gasteiger partial charge on any atom is 0.0587 e. The van der Waals surface area contributed by atoms with Crippen molar-refractivity contribution < 1.29 is 4.74 Å². The van der Waals surface area contributed by atoms with Crippen molar-refractivity contribution in [3.63, 3.8) is 0 Å². The van der Waals surface area contributed by atoms with Crippen molar-refractivity contribution >= 4 is 0 Å². The molecule has 1 aliphatic rings. The van der Waals surface area contributed by atoms with E-state index in [1.54, 1.807) is 7.11 Å². The third-order valence-corrected chi connectivity index (χ3v) is 3.72. The van der Waals surface area contributed by atoms with E-state index in [0.29, 0.717) is 6.04 Å². The van der Waals surface area contributed by atoms with Crippen LogP contribution in [0.4, 0.5) is 0 Å². The maximum absolute atomic E-state index is 5.07. The normalized spacial score (nSPS) is 20.6. The molecule has 0 aromatic carbocycles. The number of pyridine rings is 1. The standard InChI is InChI=1S/C15H25N3O/c1-19-10-8-17-12-15-6-2-3-9-18(15)13-14-5-4-7-16-11-14/h4-5,7,11,15,17H,2-3,6,8-10,12-13H2,1H3. The second-order valence-corrected chi connectivity index (χ2v) is 5.18. The van der Waals surface area contributed by atoms with E-state index < -0.39 is 0 Å². The van der Waals surface area contributed by atoms with Crippen molar-refractivity contribution in [2.75, 3.05) is 33.4 Å². The van der Waals surface area contributed by atoms with Gasteiger partial charge in [0.15, 0.2) is 0 Å². The van der Waals surface area contributed by atoms with Crippen LogP contribution in [0.5, 0.6) is 0 Å². The zero-order valence-corrected chi connectivity index (χ0v) is 11.8. The lowest BCUT2D eigenvalue weighted by Gasteiger charge is -2.36. The van der Waals surface area contributed by atoms with Crippen LogP contribution in [0.1, 0.15) is 24.8 Å². The highest BCUT2D eigenvalue weighted by Gasteiger charge is 2.21. The maximum atomic E-state index is 5.07. The average molecular weight is 263 g/mol. The first-order chi connectivity index (χ1) is 9.40. The molecule has 1 aliphatic heterocycles. The first-order valence-electron chi connectivity index (χ1n) is 7.23. The molecule has 1 aromatic heterocycles. The lowest BCUT2D eigenvalue weighted by Crippen LogP contribution is -2.45. The molecule has 0 radical (unpaired) electrons. The minimum Gasteiger partial charge on any atom is -0.383 e. The molecule has 2 heterocycles. The van der Waals surface area contributed by atoms with Crippen LogP contribution >= 0.6 is 0 Å². The summed E-state index contributed by atoms with van der Waals surface area (Å²) in [5.74, 6) is 0. The van der Waals surface area contributed by atoms with Crippen LogP contribution in [0.2, 0.25) is 0 Å². The van der Waals surface area contributed by atoms with Crippen molar-refractivity contribution in [3.8, 4) is 0 Å². The summed E-state index contributed by atoms with van der Waals surface area (Å²) in [4.78, 5) is 6.79. The predicted octanol–water partition coefficient (Wildman–Crippen LogP) is 1.67. The summed E-state index contributed by atoms with van der Waals surface area (Å²) >= 11 is 0. The lowest BCUT2D eigenvalue weighted by molar-refractivity contribution is 0.133. The lowest BCUT2D eigenvalue weighted by atomic mass is 10.0. The van der Waals surface area contributed by atoms with Gasteiger partial charge in [0.05, 0.1) is 6.61 Å². The minimum absolute atomic E-state index is 0.644. The zero-order chi connectivity index (χ0) is 13.3. The van der Waals surface area contributed by atoms with E-state index in [-0.39, 0.29) is 0 Å². The molecular weight excluding hydrogens is 238 g/mol. The minimum atomic E-state index is 0.644. The average Bonchev–Trinajstić information content (AvgIpc) is 2.46. The Kier molecular flexibility index (Phi) is 6.27. The fourth-order valence-corrected chi connectivity index (χ4v) is 2.67. The van der Waals surface area contributed by atoms with Gasteiger partial charge in [-0.3, -0.25) is 9.88 Å². The van der Waals surface area contributed by atoms with Gasteiger partial charge in [-0.1, -0.05) is 12.5 Å². The van der Waals surface area contributed by atoms with Crippen LogP contribution in [0, 0.1) is 0 Å². The van der Waals surface area contributed by atoms with Crippen molar-refractivity contribution in [2.24, 2.45) is 0 Å². The summed E-state index contributed by atoms with van der Waals surface area (Å²) < 4.78 is 5.07. The number of likely N-dealkylation sites (tertiary alicyclic amines) is 1. The molecule has 1 unspecified atom stereocenters. The Labute approximate surface area is 116 Å². The van der Waals surface area contributed by atoms with Crippen molar-refractivity contribution in [1.82, 2.24) is 15.2 Å². The molecule has 2 rings (SSSR count). The second-order valence-electron chi connectivity index (χ2n) is 5.18. The molecule has 0 spiro atoms. The first-order valence-corrected chi connectivity index (χ1v) is 7.23. The summed E-state index contributed by atoms with van der Waals surface area (Å²) in [5.41, 5.74) is 1.31. The third-order valence-electron chi connectivity index (χ3n) is 3.72. The van der Waals surface area contributed by atoms with E-state index >= 15 is 0 Å². The molecule has 4 nitrogen and oxygen atoms in total. The Bertz CT molecular complexity index is 345. The fourth-order valence-electron chi connectivity index (χ4n) is 2.67. The fraction of sp³-hybridized carbons (Fsp3) is 0.667. The number of nitrogens with one attached hydrogen (secondary N) is 1. The SMILES string of the molecule is COCCNCC1CCCCN1Cc1cccnc1. The Hall–Kier alpha value is -0.970. The van der Waals surface area contributed by atoms with Gasteiger partial charge in [0.25, 0.3) is 0 Å². The molecule has 1 N–H and O–H groups in total. The predicted molar refractivity (Wildman–Crippen MR) is 77.0 cm³/mol. The number of nitrogens with zero attached hydrogens (tertiary/aromatic N) is 2. The molecule has 19 heavy (non-hydrogen) atoms. The number of hydrogen-bond acceptors (Lipinski definition) is 4. The molecule has 1 saturated heterocycles. The van der Waals surface area contributed by atoms with Crippen LogP contribution in [0.3, 0.4) is 0 Å². The van der Waals surface area contributed by atoms with Gasteiger partial charge >= 0.3 is 0 Å². The van der Waals surface area contributed by atoms with Crippen molar-refractivity contribution in [1.29, 1.82) is 0 Å². The summed E-state index contributed by atoms with van der Waals surface area (Å²) in [7, 11) is 1.75. The molecule has 1 atom stereocenters. The van der Waals surface area contributed by atoms with Gasteiger partial charge in [-0.25, -0.2) is 0 Å². The van der Waals surface area contributed by atoms with Crippen LogP contribution in [-0.2, 0) is 11.3 Å². The summed E-state index contributed by atoms with van der Waals surface area (Å²) in [5, 5.41) is 3.49. The van der Waals surface area contributed by atoms with Gasteiger partial charge in [0, 0.05) is 45.2 Å². The quantitative estimate of drug-likeness (QED) is 0.759. The number of aromatic nitrogens is 1. The van der Waals surface area contributed by atoms with Gasteiger partial charge in [-0.05, 0) is 31.0 Å². The highest BCUT2D eigenvalue weighted by molar-refractivity contribution is 5.08. The Morgan fingerprint density at radius 1 is 1.47 bits per heavy atom. The molecule has 1 aromatic rings. The van der Waals surface area contributed by atoms with E-state index in [9.17, 15) is 0 Å². The zero-order valence-electron chi connectivity index (χ0n) is 11.8. The Morgan fingerprint density at radius 2 is 2.42 bits per heavy atom. The van der Waals surface area contributed by atoms with Crippen molar-refractivity contribution in [2.45, 2.75) is 31.8 Å². The Balaban J connectivity index is 1.82. The van der Waals surface area contributed by atoms with Crippen LogP contribution in [0.15, 0.2) is 24.5 Å². The number of hydrogen-bond donors (Lipinski definition) is 1. The summed E-state index contributed by atoms with van der Waals surface area (Å²) in [6.45, 7) is 5.00. The van der Waals surface area contributed by atoms with Gasteiger partial charge in [0.1, 0.15) is 0 Å². The number of ether oxygens (including phenoxy) is 1. The second kappa shape index (κ2) is 8.25. The molecule has 4 heteroatoms. The van der Waals surface area contributed by atoms with Crippen LogP contribution in [0.25, 0.3) is 0 Å². The monoisotopic (exact) mass is 263 g/mol. The third kappa shape index (κ3) is 4.90. The van der Waals surface area contributed by atoms with Crippen molar-refractivity contribution in [3.05, 3.63) is 30.1 Å². The van der Waals surface area contributed by atoms with Gasteiger partial charge < -0.3 is 10.1 Å². The molecule has 1 fully saturated rings. The molecule has 106 valence electrons. The van der Waals surface area contributed by atoms with Crippen LogP contribution < -0.4 is 5.32 Å². The van der Waals surface area contributed by atoms with Crippen LogP contribution in [-0.4, -0.2) is 49.3 Å². The van der Waals surface area contributed by atoms with E-state index in [4.69, 9.17) is 4.74 Å². The van der Waals surface area contributed by atoms with Gasteiger partial charge in [-0.2, -0.15) is 0 Å². The first kappa shape index (κ1) is 14.4. The Morgan fingerprint density at radius 3 is 3.21 bits per heavy atom. The molecule has 0 amide bonds. The highest BCUT2D eigenvalue weighted by Crippen LogP contribution is 2.18. The topological polar surface area (TPSA) is 37.4 Å². The summed E-state index contributed by atoms with van der Waals surface area (Å²) in [6, 6.07) is 4.83. The van der Waals surface area contributed by atoms with E-state index in [2.05, 4.69) is 21.3 Å². The smallest absolute Gasteiger partial charge is 0.0587 e.